The lowest BCUT2D eigenvalue weighted by Gasteiger charge is -2.46. The van der Waals surface area contributed by atoms with Crippen molar-refractivity contribution in [2.75, 3.05) is 0 Å². The van der Waals surface area contributed by atoms with Crippen molar-refractivity contribution in [2.24, 2.45) is 16.1 Å². The highest BCUT2D eigenvalue weighted by Crippen LogP contribution is 2.36. The van der Waals surface area contributed by atoms with Crippen LogP contribution in [0.4, 0.5) is 0 Å². The van der Waals surface area contributed by atoms with Crippen LogP contribution in [0.15, 0.2) is 40.6 Å². The number of azide groups is 2. The summed E-state index contributed by atoms with van der Waals surface area (Å²) < 4.78 is 11.3. The molecular weight excluding hydrogens is 464 g/mol. The van der Waals surface area contributed by atoms with E-state index in [4.69, 9.17) is 20.5 Å². The van der Waals surface area contributed by atoms with Gasteiger partial charge in [-0.3, -0.25) is 4.79 Å². The molecule has 0 spiro atoms. The summed E-state index contributed by atoms with van der Waals surface area (Å²) in [5.74, 6) is -1.03. The summed E-state index contributed by atoms with van der Waals surface area (Å²) in [4.78, 5) is 18.0. The van der Waals surface area contributed by atoms with Crippen molar-refractivity contribution in [3.63, 3.8) is 0 Å². The maximum Gasteiger partial charge on any atom is 0.169 e. The molecule has 11 atom stereocenters. The summed E-state index contributed by atoms with van der Waals surface area (Å²) in [6.07, 6.45) is -12.0. The Balaban J connectivity index is 1.82. The third-order valence-corrected chi connectivity index (χ3v) is 6.39. The first kappa shape index (κ1) is 26.8. The van der Waals surface area contributed by atoms with Gasteiger partial charge >= 0.3 is 0 Å². The molecule has 1 heterocycles. The van der Waals surface area contributed by atoms with Gasteiger partial charge in [-0.1, -0.05) is 40.6 Å². The molecule has 0 amide bonds. The number of hydrogen-bond donors (Lipinski definition) is 5. The molecule has 0 bridgehead atoms. The maximum atomic E-state index is 12.6. The minimum absolute atomic E-state index is 0.0184. The predicted molar refractivity (Wildman–Crippen MR) is 119 cm³/mol. The van der Waals surface area contributed by atoms with Crippen molar-refractivity contribution < 1.29 is 39.8 Å². The molecule has 2 fully saturated rings. The molecule has 1 aliphatic carbocycles. The standard InChI is InChI=1S/C21H28N6O8/c1-9(28)19-18(33)16(31)14(25-27-23)21(34-19)35-20-12(24-26-22)7-11(15(30)17(20)32)8-13(29)10-5-3-2-4-6-10/h2-6,9,11-12,14-21,28,30-33H,7-8H2,1H3/t9-,11+,12?,14?,15?,16?,17?,18+,19?,20-,21-/m1/s1. The molecule has 1 aromatic rings. The van der Waals surface area contributed by atoms with E-state index in [0.29, 0.717) is 5.56 Å². The van der Waals surface area contributed by atoms with Gasteiger partial charge in [0.25, 0.3) is 0 Å². The van der Waals surface area contributed by atoms with E-state index in [1.54, 1.807) is 30.3 Å². The third-order valence-electron chi connectivity index (χ3n) is 6.39. The van der Waals surface area contributed by atoms with Gasteiger partial charge in [-0.05, 0) is 30.3 Å². The van der Waals surface area contributed by atoms with Gasteiger partial charge in [-0.2, -0.15) is 0 Å². The largest absolute Gasteiger partial charge is 0.391 e. The summed E-state index contributed by atoms with van der Waals surface area (Å²) in [6.45, 7) is 1.31. The number of carbonyl (C=O) groups excluding carboxylic acids is 1. The van der Waals surface area contributed by atoms with Crippen molar-refractivity contribution in [3.05, 3.63) is 56.8 Å². The Hall–Kier alpha value is -2.77. The molecule has 35 heavy (non-hydrogen) atoms. The quantitative estimate of drug-likeness (QED) is 0.148. The van der Waals surface area contributed by atoms with Gasteiger partial charge in [0, 0.05) is 21.8 Å². The molecular formula is C21H28N6O8. The number of carbonyl (C=O) groups is 1. The second kappa shape index (κ2) is 11.8. The molecule has 0 aromatic heterocycles. The highest BCUT2D eigenvalue weighted by Gasteiger charge is 2.51. The van der Waals surface area contributed by atoms with Crippen LogP contribution >= 0.6 is 0 Å². The number of nitrogens with zero attached hydrogens (tertiary/aromatic N) is 6. The SMILES string of the molecule is C[C@@H](O)C1O[C@H](O[C@@H]2C(N=[N+]=[N-])C[C@@H](CC(=O)c3ccccc3)C(O)C2O)C(N=[N+]=[N-])C(O)[C@@H]1O. The van der Waals surface area contributed by atoms with Crippen molar-refractivity contribution in [1.82, 2.24) is 0 Å². The van der Waals surface area contributed by atoms with Crippen molar-refractivity contribution in [1.29, 1.82) is 0 Å². The number of rotatable bonds is 8. The fourth-order valence-corrected chi connectivity index (χ4v) is 4.54. The van der Waals surface area contributed by atoms with Gasteiger partial charge in [0.15, 0.2) is 12.1 Å². The molecule has 1 saturated carbocycles. The minimum Gasteiger partial charge on any atom is -0.391 e. The molecule has 1 aromatic carbocycles. The van der Waals surface area contributed by atoms with Crippen LogP contribution in [0.1, 0.15) is 30.1 Å². The first-order valence-corrected chi connectivity index (χ1v) is 11.1. The lowest BCUT2D eigenvalue weighted by Crippen LogP contribution is -2.63. The van der Waals surface area contributed by atoms with Crippen LogP contribution in [0.25, 0.3) is 20.9 Å². The van der Waals surface area contributed by atoms with Gasteiger partial charge in [0.1, 0.15) is 24.4 Å². The highest BCUT2D eigenvalue weighted by atomic mass is 16.7. The van der Waals surface area contributed by atoms with Crippen LogP contribution in [0.3, 0.4) is 0 Å². The summed E-state index contributed by atoms with van der Waals surface area (Å²) in [7, 11) is 0. The summed E-state index contributed by atoms with van der Waals surface area (Å²) in [5.41, 5.74) is 18.4. The van der Waals surface area contributed by atoms with Crippen LogP contribution in [-0.2, 0) is 9.47 Å². The van der Waals surface area contributed by atoms with Crippen LogP contribution in [0.5, 0.6) is 0 Å². The van der Waals surface area contributed by atoms with Crippen LogP contribution in [-0.4, -0.2) is 92.4 Å². The van der Waals surface area contributed by atoms with Gasteiger partial charge in [-0.25, -0.2) is 0 Å². The Morgan fingerprint density at radius 3 is 2.34 bits per heavy atom. The zero-order chi connectivity index (χ0) is 25.7. The van der Waals surface area contributed by atoms with E-state index < -0.39 is 67.0 Å². The second-order valence-electron chi connectivity index (χ2n) is 8.73. The zero-order valence-corrected chi connectivity index (χ0v) is 18.8. The lowest BCUT2D eigenvalue weighted by atomic mass is 9.76. The van der Waals surface area contributed by atoms with E-state index in [0.717, 1.165) is 0 Å². The number of ketones is 1. The summed E-state index contributed by atoms with van der Waals surface area (Å²) in [6, 6.07) is 5.86. The number of aliphatic hydroxyl groups excluding tert-OH is 5. The smallest absolute Gasteiger partial charge is 0.169 e. The van der Waals surface area contributed by atoms with Crippen LogP contribution in [0.2, 0.25) is 0 Å². The number of Topliss-reactive ketones (excluding diaryl/α,β-unsaturated/α-hetero) is 1. The molecule has 1 aliphatic heterocycles. The molecule has 0 radical (unpaired) electrons. The molecule has 14 nitrogen and oxygen atoms in total. The number of ether oxygens (including phenoxy) is 2. The fraction of sp³-hybridized carbons (Fsp3) is 0.667. The highest BCUT2D eigenvalue weighted by molar-refractivity contribution is 5.96. The normalized spacial score (nSPS) is 38.0. The average molecular weight is 492 g/mol. The van der Waals surface area contributed by atoms with Gasteiger partial charge in [0.05, 0.1) is 30.5 Å². The summed E-state index contributed by atoms with van der Waals surface area (Å²) in [5, 5.41) is 59.2. The topological polar surface area (TPSA) is 234 Å². The first-order valence-electron chi connectivity index (χ1n) is 11.1. The molecule has 1 saturated heterocycles. The van der Waals surface area contributed by atoms with E-state index in [1.165, 1.54) is 6.92 Å². The van der Waals surface area contributed by atoms with E-state index in [9.17, 15) is 30.3 Å². The van der Waals surface area contributed by atoms with E-state index in [2.05, 4.69) is 20.1 Å². The molecule has 5 N–H and O–H groups in total. The third kappa shape index (κ3) is 5.90. The molecule has 14 heteroatoms. The maximum absolute atomic E-state index is 12.6. The van der Waals surface area contributed by atoms with Crippen molar-refractivity contribution >= 4 is 5.78 Å². The van der Waals surface area contributed by atoms with Crippen molar-refractivity contribution in [2.45, 2.75) is 80.9 Å². The Kier molecular flexibility index (Phi) is 9.03. The van der Waals surface area contributed by atoms with Crippen LogP contribution < -0.4 is 0 Å². The molecule has 6 unspecified atom stereocenters. The average Bonchev–Trinajstić information content (AvgIpc) is 2.84. The van der Waals surface area contributed by atoms with E-state index in [1.807, 2.05) is 0 Å². The Bertz CT molecular complexity index is 970. The zero-order valence-electron chi connectivity index (χ0n) is 18.8. The number of aliphatic hydroxyl groups is 5. The van der Waals surface area contributed by atoms with Gasteiger partial charge < -0.3 is 35.0 Å². The van der Waals surface area contributed by atoms with Gasteiger partial charge in [0.2, 0.25) is 0 Å². The number of hydrogen-bond acceptors (Lipinski definition) is 10. The first-order chi connectivity index (χ1) is 16.7. The van der Waals surface area contributed by atoms with E-state index >= 15 is 0 Å². The Morgan fingerprint density at radius 2 is 1.74 bits per heavy atom. The minimum atomic E-state index is -1.68. The Morgan fingerprint density at radius 1 is 1.09 bits per heavy atom. The second-order valence-corrected chi connectivity index (χ2v) is 8.73. The molecule has 3 rings (SSSR count). The van der Waals surface area contributed by atoms with Gasteiger partial charge in [-0.15, -0.1) is 0 Å². The predicted octanol–water partition coefficient (Wildman–Crippen LogP) is 0.572. The Labute approximate surface area is 200 Å². The van der Waals surface area contributed by atoms with Crippen LogP contribution in [0, 0.1) is 5.92 Å². The van der Waals surface area contributed by atoms with E-state index in [-0.39, 0.29) is 18.6 Å². The molecule has 2 aliphatic rings. The lowest BCUT2D eigenvalue weighted by molar-refractivity contribution is -0.302. The fourth-order valence-electron chi connectivity index (χ4n) is 4.54. The number of benzene rings is 1. The van der Waals surface area contributed by atoms with Crippen molar-refractivity contribution in [3.8, 4) is 0 Å². The molecule has 190 valence electrons. The summed E-state index contributed by atoms with van der Waals surface area (Å²) >= 11 is 0. The monoisotopic (exact) mass is 492 g/mol.